The fourth-order valence-corrected chi connectivity index (χ4v) is 3.60. The summed E-state index contributed by atoms with van der Waals surface area (Å²) < 4.78 is 18.7. The summed E-state index contributed by atoms with van der Waals surface area (Å²) in [6.07, 6.45) is 1.85. The molecule has 0 amide bonds. The quantitative estimate of drug-likeness (QED) is 0.443. The highest BCUT2D eigenvalue weighted by atomic mass is 79.9. The third kappa shape index (κ3) is 5.06. The number of phenolic OH excluding ortho intramolecular Hbond substituents is 1. The summed E-state index contributed by atoms with van der Waals surface area (Å²) in [6.45, 7) is 4.34. The minimum absolute atomic E-state index is 0.0839. The fraction of sp³-hybridized carbons (Fsp3) is 0.318. The molecular formula is C22H26BrN3O4. The highest BCUT2D eigenvalue weighted by Gasteiger charge is 2.13. The number of nitrogens with zero attached hydrogens (tertiary/aromatic N) is 2. The SMILES string of the molecule is CCOc1ccc(-c2cnc(NCc3cc(Br)c(O)c(OC)c3)n2CCOC)cc1. The van der Waals surface area contributed by atoms with Crippen molar-refractivity contribution >= 4 is 21.9 Å². The van der Waals surface area contributed by atoms with E-state index in [1.165, 1.54) is 7.11 Å². The van der Waals surface area contributed by atoms with Gasteiger partial charge in [-0.2, -0.15) is 0 Å². The Balaban J connectivity index is 1.84. The molecule has 160 valence electrons. The summed E-state index contributed by atoms with van der Waals surface area (Å²) in [5.74, 6) is 2.08. The lowest BCUT2D eigenvalue weighted by Crippen LogP contribution is -2.11. The third-order valence-electron chi connectivity index (χ3n) is 4.59. The molecule has 0 aliphatic rings. The number of imidazole rings is 1. The van der Waals surface area contributed by atoms with Crippen molar-refractivity contribution in [3.8, 4) is 28.5 Å². The van der Waals surface area contributed by atoms with Crippen molar-refractivity contribution in [2.75, 3.05) is 32.8 Å². The van der Waals surface area contributed by atoms with Gasteiger partial charge in [-0.1, -0.05) is 0 Å². The second-order valence-electron chi connectivity index (χ2n) is 6.55. The zero-order chi connectivity index (χ0) is 21.5. The van der Waals surface area contributed by atoms with E-state index in [4.69, 9.17) is 14.2 Å². The van der Waals surface area contributed by atoms with Gasteiger partial charge in [-0.3, -0.25) is 0 Å². The minimum Gasteiger partial charge on any atom is -0.503 e. The van der Waals surface area contributed by atoms with Gasteiger partial charge >= 0.3 is 0 Å². The third-order valence-corrected chi connectivity index (χ3v) is 5.20. The molecule has 7 nitrogen and oxygen atoms in total. The van der Waals surface area contributed by atoms with Crippen LogP contribution in [0.3, 0.4) is 0 Å². The zero-order valence-corrected chi connectivity index (χ0v) is 18.9. The molecule has 2 aromatic carbocycles. The molecule has 2 N–H and O–H groups in total. The Kier molecular flexibility index (Phi) is 7.59. The van der Waals surface area contributed by atoms with Gasteiger partial charge in [0.15, 0.2) is 11.5 Å². The van der Waals surface area contributed by atoms with Gasteiger partial charge in [-0.05, 0) is 64.8 Å². The summed E-state index contributed by atoms with van der Waals surface area (Å²) in [5, 5.41) is 13.4. The summed E-state index contributed by atoms with van der Waals surface area (Å²) in [4.78, 5) is 4.57. The van der Waals surface area contributed by atoms with Gasteiger partial charge in [0.25, 0.3) is 0 Å². The van der Waals surface area contributed by atoms with Crippen LogP contribution in [0.25, 0.3) is 11.3 Å². The minimum atomic E-state index is 0.0839. The Hall–Kier alpha value is -2.71. The summed E-state index contributed by atoms with van der Waals surface area (Å²) >= 11 is 3.36. The molecule has 1 heterocycles. The lowest BCUT2D eigenvalue weighted by Gasteiger charge is -2.14. The second kappa shape index (κ2) is 10.4. The molecular weight excluding hydrogens is 450 g/mol. The van der Waals surface area contributed by atoms with Crippen molar-refractivity contribution in [3.63, 3.8) is 0 Å². The smallest absolute Gasteiger partial charge is 0.203 e. The number of nitrogens with one attached hydrogen (secondary N) is 1. The van der Waals surface area contributed by atoms with Gasteiger partial charge < -0.3 is 29.2 Å². The van der Waals surface area contributed by atoms with E-state index in [0.717, 1.165) is 28.5 Å². The number of methoxy groups -OCH3 is 2. The molecule has 0 saturated heterocycles. The first-order chi connectivity index (χ1) is 14.6. The van der Waals surface area contributed by atoms with Gasteiger partial charge in [0.05, 0.1) is 36.7 Å². The highest BCUT2D eigenvalue weighted by molar-refractivity contribution is 9.10. The van der Waals surface area contributed by atoms with Crippen LogP contribution in [0.5, 0.6) is 17.2 Å². The molecule has 0 atom stereocenters. The van der Waals surface area contributed by atoms with E-state index in [1.807, 2.05) is 43.5 Å². The lowest BCUT2D eigenvalue weighted by atomic mass is 10.1. The standard InChI is InChI=1S/C22H26BrN3O4/c1-4-30-17-7-5-16(6-8-17)19-14-25-22(26(19)9-10-28-2)24-13-15-11-18(23)21(27)20(12-15)29-3/h5-8,11-12,14,27H,4,9-10,13H2,1-3H3,(H,24,25). The number of benzene rings is 2. The van der Waals surface area contributed by atoms with Crippen molar-refractivity contribution in [2.24, 2.45) is 0 Å². The molecule has 1 aromatic heterocycles. The molecule has 0 spiro atoms. The van der Waals surface area contributed by atoms with E-state index < -0.39 is 0 Å². The normalized spacial score (nSPS) is 10.8. The molecule has 0 aliphatic heterocycles. The summed E-state index contributed by atoms with van der Waals surface area (Å²) in [7, 11) is 3.21. The van der Waals surface area contributed by atoms with Crippen molar-refractivity contribution in [3.05, 3.63) is 52.6 Å². The topological polar surface area (TPSA) is 77.8 Å². The number of phenols is 1. The van der Waals surface area contributed by atoms with Crippen molar-refractivity contribution in [2.45, 2.75) is 20.0 Å². The van der Waals surface area contributed by atoms with Crippen LogP contribution in [0.2, 0.25) is 0 Å². The van der Waals surface area contributed by atoms with Crippen LogP contribution >= 0.6 is 15.9 Å². The Bertz CT molecular complexity index is 973. The van der Waals surface area contributed by atoms with Gasteiger partial charge in [-0.25, -0.2) is 4.98 Å². The molecule has 0 saturated carbocycles. The number of halogens is 1. The van der Waals surface area contributed by atoms with E-state index in [1.54, 1.807) is 13.2 Å². The maximum Gasteiger partial charge on any atom is 0.203 e. The van der Waals surface area contributed by atoms with Crippen LogP contribution in [0.1, 0.15) is 12.5 Å². The summed E-state index contributed by atoms with van der Waals surface area (Å²) in [5.41, 5.74) is 2.98. The number of rotatable bonds is 10. The first-order valence-corrected chi connectivity index (χ1v) is 10.4. The average Bonchev–Trinajstić information content (AvgIpc) is 3.16. The monoisotopic (exact) mass is 475 g/mol. The summed E-state index contributed by atoms with van der Waals surface area (Å²) in [6, 6.07) is 11.6. The molecule has 0 radical (unpaired) electrons. The van der Waals surface area contributed by atoms with Crippen molar-refractivity contribution < 1.29 is 19.3 Å². The van der Waals surface area contributed by atoms with Crippen LogP contribution in [-0.2, 0) is 17.8 Å². The Morgan fingerprint density at radius 3 is 2.60 bits per heavy atom. The second-order valence-corrected chi connectivity index (χ2v) is 7.41. The van der Waals surface area contributed by atoms with E-state index in [-0.39, 0.29) is 5.75 Å². The van der Waals surface area contributed by atoms with E-state index >= 15 is 0 Å². The Morgan fingerprint density at radius 1 is 1.17 bits per heavy atom. The molecule has 0 fully saturated rings. The molecule has 30 heavy (non-hydrogen) atoms. The van der Waals surface area contributed by atoms with Crippen LogP contribution in [0, 0.1) is 0 Å². The van der Waals surface area contributed by atoms with Gasteiger partial charge in [0, 0.05) is 25.8 Å². The maximum absolute atomic E-state index is 10.00. The largest absolute Gasteiger partial charge is 0.503 e. The number of aromatic hydroxyl groups is 1. The number of aromatic nitrogens is 2. The fourth-order valence-electron chi connectivity index (χ4n) is 3.11. The molecule has 0 bridgehead atoms. The molecule has 3 rings (SSSR count). The van der Waals surface area contributed by atoms with Crippen LogP contribution in [-0.4, -0.2) is 42.1 Å². The highest BCUT2D eigenvalue weighted by Crippen LogP contribution is 2.35. The van der Waals surface area contributed by atoms with Gasteiger partial charge in [-0.15, -0.1) is 0 Å². The Morgan fingerprint density at radius 2 is 1.93 bits per heavy atom. The van der Waals surface area contributed by atoms with Gasteiger partial charge in [0.1, 0.15) is 5.75 Å². The molecule has 3 aromatic rings. The molecule has 0 unspecified atom stereocenters. The average molecular weight is 476 g/mol. The van der Waals surface area contributed by atoms with E-state index in [2.05, 4.69) is 30.8 Å². The van der Waals surface area contributed by atoms with Gasteiger partial charge in [0.2, 0.25) is 5.95 Å². The number of ether oxygens (including phenoxy) is 3. The predicted molar refractivity (Wildman–Crippen MR) is 120 cm³/mol. The predicted octanol–water partition coefficient (Wildman–Crippen LogP) is 4.68. The van der Waals surface area contributed by atoms with E-state index in [0.29, 0.717) is 36.5 Å². The van der Waals surface area contributed by atoms with Crippen LogP contribution in [0.4, 0.5) is 5.95 Å². The molecule has 8 heteroatoms. The van der Waals surface area contributed by atoms with E-state index in [9.17, 15) is 5.11 Å². The van der Waals surface area contributed by atoms with Crippen LogP contribution in [0.15, 0.2) is 47.1 Å². The van der Waals surface area contributed by atoms with Crippen molar-refractivity contribution in [1.29, 1.82) is 0 Å². The first kappa shape index (κ1) is 22.0. The Labute approximate surface area is 184 Å². The maximum atomic E-state index is 10.00. The lowest BCUT2D eigenvalue weighted by molar-refractivity contribution is 0.188. The number of anilines is 1. The van der Waals surface area contributed by atoms with Crippen LogP contribution < -0.4 is 14.8 Å². The first-order valence-electron chi connectivity index (χ1n) is 9.64. The molecule has 0 aliphatic carbocycles. The van der Waals surface area contributed by atoms with Crippen molar-refractivity contribution in [1.82, 2.24) is 9.55 Å². The zero-order valence-electron chi connectivity index (χ0n) is 17.3. The number of hydrogen-bond acceptors (Lipinski definition) is 6. The number of hydrogen-bond donors (Lipinski definition) is 2.